The standard InChI is InChI=1S/C10H22N2O3/c1-2-3-8-15-10(13)12-6-9-14-7-4-5-11/h2-9,11H2,1H3,(H,12,13). The van der Waals surface area contributed by atoms with Crippen molar-refractivity contribution in [3.8, 4) is 0 Å². The molecule has 1 amide bonds. The zero-order valence-corrected chi connectivity index (χ0v) is 9.46. The summed E-state index contributed by atoms with van der Waals surface area (Å²) in [7, 11) is 0. The average molecular weight is 218 g/mol. The Morgan fingerprint density at radius 2 is 2.07 bits per heavy atom. The lowest BCUT2D eigenvalue weighted by atomic mass is 10.4. The Bertz CT molecular complexity index is 154. The first-order valence-corrected chi connectivity index (χ1v) is 5.49. The number of carbonyl (C=O) groups excluding carboxylic acids is 1. The molecule has 0 saturated carbocycles. The van der Waals surface area contributed by atoms with Crippen molar-refractivity contribution in [3.05, 3.63) is 0 Å². The topological polar surface area (TPSA) is 73.6 Å². The summed E-state index contributed by atoms with van der Waals surface area (Å²) in [4.78, 5) is 11.0. The quantitative estimate of drug-likeness (QED) is 0.563. The van der Waals surface area contributed by atoms with Crippen molar-refractivity contribution < 1.29 is 14.3 Å². The molecule has 0 heterocycles. The first-order chi connectivity index (χ1) is 7.31. The average Bonchev–Trinajstić information content (AvgIpc) is 2.23. The lowest BCUT2D eigenvalue weighted by molar-refractivity contribution is 0.120. The van der Waals surface area contributed by atoms with Gasteiger partial charge >= 0.3 is 6.09 Å². The molecule has 0 aliphatic heterocycles. The van der Waals surface area contributed by atoms with Gasteiger partial charge in [0.25, 0.3) is 0 Å². The normalized spacial score (nSPS) is 10.0. The highest BCUT2D eigenvalue weighted by atomic mass is 16.5. The lowest BCUT2D eigenvalue weighted by Crippen LogP contribution is -2.28. The predicted octanol–water partition coefficient (Wildman–Crippen LogP) is 0.878. The smallest absolute Gasteiger partial charge is 0.407 e. The van der Waals surface area contributed by atoms with E-state index >= 15 is 0 Å². The number of ether oxygens (including phenoxy) is 2. The SMILES string of the molecule is CCCCOC(=O)NCCOCCCN. The highest BCUT2D eigenvalue weighted by Crippen LogP contribution is 1.88. The Balaban J connectivity index is 3.10. The second-order valence-electron chi connectivity index (χ2n) is 3.17. The van der Waals surface area contributed by atoms with Crippen LogP contribution in [0.2, 0.25) is 0 Å². The summed E-state index contributed by atoms with van der Waals surface area (Å²) in [5.74, 6) is 0. The van der Waals surface area contributed by atoms with Crippen molar-refractivity contribution in [3.63, 3.8) is 0 Å². The Labute approximate surface area is 91.3 Å². The van der Waals surface area contributed by atoms with Gasteiger partial charge in [-0.05, 0) is 19.4 Å². The lowest BCUT2D eigenvalue weighted by Gasteiger charge is -2.06. The van der Waals surface area contributed by atoms with E-state index < -0.39 is 0 Å². The Morgan fingerprint density at radius 3 is 2.73 bits per heavy atom. The minimum atomic E-state index is -0.370. The second-order valence-corrected chi connectivity index (χ2v) is 3.17. The third-order valence-corrected chi connectivity index (χ3v) is 1.74. The molecular formula is C10H22N2O3. The van der Waals surface area contributed by atoms with E-state index in [1.54, 1.807) is 0 Å². The van der Waals surface area contributed by atoms with Gasteiger partial charge in [-0.1, -0.05) is 13.3 Å². The van der Waals surface area contributed by atoms with Crippen LogP contribution < -0.4 is 11.1 Å². The maximum atomic E-state index is 11.0. The number of carbonyl (C=O) groups is 1. The fourth-order valence-corrected chi connectivity index (χ4v) is 0.873. The van der Waals surface area contributed by atoms with Gasteiger partial charge in [-0.3, -0.25) is 0 Å². The van der Waals surface area contributed by atoms with Crippen LogP contribution in [0, 0.1) is 0 Å². The molecule has 0 fully saturated rings. The van der Waals surface area contributed by atoms with Gasteiger partial charge in [-0.2, -0.15) is 0 Å². The van der Waals surface area contributed by atoms with E-state index in [4.69, 9.17) is 15.2 Å². The summed E-state index contributed by atoms with van der Waals surface area (Å²) < 4.78 is 10.1. The van der Waals surface area contributed by atoms with Crippen LogP contribution in [0.15, 0.2) is 0 Å². The van der Waals surface area contributed by atoms with Crippen LogP contribution in [0.25, 0.3) is 0 Å². The Kier molecular flexibility index (Phi) is 10.7. The summed E-state index contributed by atoms with van der Waals surface area (Å²) >= 11 is 0. The molecule has 0 rings (SSSR count). The van der Waals surface area contributed by atoms with E-state index in [0.29, 0.717) is 32.9 Å². The zero-order chi connectivity index (χ0) is 11.4. The summed E-state index contributed by atoms with van der Waals surface area (Å²) in [6, 6.07) is 0. The van der Waals surface area contributed by atoms with E-state index in [2.05, 4.69) is 5.32 Å². The molecule has 0 saturated heterocycles. The number of hydrogen-bond donors (Lipinski definition) is 2. The molecule has 0 aliphatic rings. The number of hydrogen-bond acceptors (Lipinski definition) is 4. The largest absolute Gasteiger partial charge is 0.450 e. The van der Waals surface area contributed by atoms with Crippen molar-refractivity contribution in [1.29, 1.82) is 0 Å². The van der Waals surface area contributed by atoms with E-state index in [-0.39, 0.29) is 6.09 Å². The predicted molar refractivity (Wildman–Crippen MR) is 58.7 cm³/mol. The molecule has 0 radical (unpaired) electrons. The van der Waals surface area contributed by atoms with Gasteiger partial charge in [0.1, 0.15) is 0 Å². The minimum Gasteiger partial charge on any atom is -0.450 e. The number of unbranched alkanes of at least 4 members (excludes halogenated alkanes) is 1. The van der Waals surface area contributed by atoms with Crippen LogP contribution in [0.3, 0.4) is 0 Å². The van der Waals surface area contributed by atoms with Gasteiger partial charge in [0.2, 0.25) is 0 Å². The molecule has 0 aromatic carbocycles. The number of nitrogens with one attached hydrogen (secondary N) is 1. The van der Waals surface area contributed by atoms with Crippen molar-refractivity contribution in [2.75, 3.05) is 32.9 Å². The first-order valence-electron chi connectivity index (χ1n) is 5.49. The molecule has 3 N–H and O–H groups in total. The molecule has 0 spiro atoms. The third-order valence-electron chi connectivity index (χ3n) is 1.74. The third kappa shape index (κ3) is 11.1. The highest BCUT2D eigenvalue weighted by Gasteiger charge is 1.99. The van der Waals surface area contributed by atoms with Gasteiger partial charge in [-0.25, -0.2) is 4.79 Å². The van der Waals surface area contributed by atoms with E-state index in [9.17, 15) is 4.79 Å². The molecule has 0 aromatic rings. The molecule has 0 aromatic heterocycles. The summed E-state index contributed by atoms with van der Waals surface area (Å²) in [5, 5.41) is 2.60. The Hall–Kier alpha value is -0.810. The molecule has 0 atom stereocenters. The first kappa shape index (κ1) is 14.2. The fraction of sp³-hybridized carbons (Fsp3) is 0.900. The summed E-state index contributed by atoms with van der Waals surface area (Å²) in [6.45, 7) is 4.79. The minimum absolute atomic E-state index is 0.370. The van der Waals surface area contributed by atoms with Crippen molar-refractivity contribution in [2.45, 2.75) is 26.2 Å². The maximum Gasteiger partial charge on any atom is 0.407 e. The van der Waals surface area contributed by atoms with Crippen LogP contribution in [-0.2, 0) is 9.47 Å². The molecule has 90 valence electrons. The second kappa shape index (κ2) is 11.3. The van der Waals surface area contributed by atoms with Gasteiger partial charge in [0.05, 0.1) is 13.2 Å². The number of amides is 1. The van der Waals surface area contributed by atoms with Crippen LogP contribution in [0.5, 0.6) is 0 Å². The monoisotopic (exact) mass is 218 g/mol. The highest BCUT2D eigenvalue weighted by molar-refractivity contribution is 5.66. The summed E-state index contributed by atoms with van der Waals surface area (Å²) in [6.07, 6.45) is 2.41. The molecule has 5 heteroatoms. The van der Waals surface area contributed by atoms with Crippen molar-refractivity contribution in [2.24, 2.45) is 5.73 Å². The number of rotatable bonds is 9. The van der Waals surface area contributed by atoms with E-state index in [0.717, 1.165) is 19.3 Å². The molecule has 0 unspecified atom stereocenters. The van der Waals surface area contributed by atoms with E-state index in [1.165, 1.54) is 0 Å². The van der Waals surface area contributed by atoms with Gasteiger partial charge in [-0.15, -0.1) is 0 Å². The fourth-order valence-electron chi connectivity index (χ4n) is 0.873. The maximum absolute atomic E-state index is 11.0. The molecule has 15 heavy (non-hydrogen) atoms. The molecular weight excluding hydrogens is 196 g/mol. The van der Waals surface area contributed by atoms with Crippen LogP contribution in [-0.4, -0.2) is 39.0 Å². The zero-order valence-electron chi connectivity index (χ0n) is 9.46. The number of nitrogens with two attached hydrogens (primary N) is 1. The van der Waals surface area contributed by atoms with Crippen LogP contribution in [0.1, 0.15) is 26.2 Å². The van der Waals surface area contributed by atoms with Crippen molar-refractivity contribution >= 4 is 6.09 Å². The Morgan fingerprint density at radius 1 is 1.27 bits per heavy atom. The van der Waals surface area contributed by atoms with Crippen LogP contribution in [0.4, 0.5) is 4.79 Å². The molecule has 5 nitrogen and oxygen atoms in total. The molecule has 0 bridgehead atoms. The van der Waals surface area contributed by atoms with Crippen LogP contribution >= 0.6 is 0 Å². The number of alkyl carbamates (subject to hydrolysis) is 1. The molecule has 0 aliphatic carbocycles. The van der Waals surface area contributed by atoms with Gasteiger partial charge in [0.15, 0.2) is 0 Å². The van der Waals surface area contributed by atoms with Gasteiger partial charge < -0.3 is 20.5 Å². The van der Waals surface area contributed by atoms with Gasteiger partial charge in [0, 0.05) is 13.2 Å². The summed E-state index contributed by atoms with van der Waals surface area (Å²) in [5.41, 5.74) is 5.29. The van der Waals surface area contributed by atoms with E-state index in [1.807, 2.05) is 6.92 Å². The van der Waals surface area contributed by atoms with Crippen molar-refractivity contribution in [1.82, 2.24) is 5.32 Å².